The molecule has 3 rings (SSSR count). The number of nitrogens with one attached hydrogen (secondary N) is 3. The zero-order valence-electron chi connectivity index (χ0n) is 14.0. The zero-order valence-corrected chi connectivity index (χ0v) is 15.6. The molecular formula is C17H17BrN4O3. The monoisotopic (exact) mass is 404 g/mol. The third kappa shape index (κ3) is 3.17. The van der Waals surface area contributed by atoms with Crippen LogP contribution in [0.1, 0.15) is 39.0 Å². The van der Waals surface area contributed by atoms with E-state index >= 15 is 0 Å². The van der Waals surface area contributed by atoms with Crippen molar-refractivity contribution in [2.45, 2.75) is 20.8 Å². The number of carbonyl (C=O) groups excluding carboxylic acids is 2. The maximum absolute atomic E-state index is 12.7. The lowest BCUT2D eigenvalue weighted by molar-refractivity contribution is 0.0519. The number of ether oxygens (including phenoxy) is 1. The van der Waals surface area contributed by atoms with Crippen molar-refractivity contribution in [3.05, 3.63) is 45.2 Å². The Morgan fingerprint density at radius 3 is 2.80 bits per heavy atom. The molecular weight excluding hydrogens is 388 g/mol. The van der Waals surface area contributed by atoms with Crippen LogP contribution in [0.2, 0.25) is 0 Å². The molecule has 0 aliphatic heterocycles. The maximum atomic E-state index is 12.7. The highest BCUT2D eigenvalue weighted by Crippen LogP contribution is 2.25. The van der Waals surface area contributed by atoms with Gasteiger partial charge in [-0.1, -0.05) is 15.9 Å². The highest BCUT2D eigenvalue weighted by molar-refractivity contribution is 9.10. The number of nitrogens with zero attached hydrogens (tertiary/aromatic N) is 1. The molecule has 1 aromatic carbocycles. The van der Waals surface area contributed by atoms with Crippen molar-refractivity contribution in [3.8, 4) is 0 Å². The van der Waals surface area contributed by atoms with E-state index in [1.807, 2.05) is 18.2 Å². The second kappa shape index (κ2) is 6.72. The summed E-state index contributed by atoms with van der Waals surface area (Å²) in [6.45, 7) is 5.46. The minimum Gasteiger partial charge on any atom is -0.461 e. The summed E-state index contributed by atoms with van der Waals surface area (Å²) in [5.41, 5.74) is 2.66. The van der Waals surface area contributed by atoms with Crippen molar-refractivity contribution in [2.75, 3.05) is 11.9 Å². The molecule has 3 N–H and O–H groups in total. The number of fused-ring (bicyclic) bond motifs is 1. The molecule has 0 bridgehead atoms. The van der Waals surface area contributed by atoms with Crippen LogP contribution in [0.15, 0.2) is 22.7 Å². The molecule has 0 aliphatic carbocycles. The molecule has 0 aliphatic rings. The molecule has 2 aromatic heterocycles. The molecule has 25 heavy (non-hydrogen) atoms. The number of benzene rings is 1. The lowest BCUT2D eigenvalue weighted by Gasteiger charge is -2.04. The molecule has 8 heteroatoms. The van der Waals surface area contributed by atoms with Crippen LogP contribution in [-0.2, 0) is 4.74 Å². The van der Waals surface area contributed by atoms with Gasteiger partial charge in [0.2, 0.25) is 0 Å². The van der Waals surface area contributed by atoms with Crippen LogP contribution in [0.3, 0.4) is 0 Å². The van der Waals surface area contributed by atoms with Gasteiger partial charge in [0, 0.05) is 15.6 Å². The fraction of sp³-hybridized carbons (Fsp3) is 0.235. The Bertz CT molecular complexity index is 974. The second-order valence-corrected chi connectivity index (χ2v) is 6.48. The zero-order chi connectivity index (χ0) is 18.1. The molecule has 7 nitrogen and oxygen atoms in total. The van der Waals surface area contributed by atoms with Gasteiger partial charge in [0.15, 0.2) is 5.82 Å². The normalized spacial score (nSPS) is 10.9. The van der Waals surface area contributed by atoms with Crippen molar-refractivity contribution in [1.29, 1.82) is 0 Å². The Morgan fingerprint density at radius 2 is 2.08 bits per heavy atom. The first-order valence-electron chi connectivity index (χ1n) is 7.73. The minimum atomic E-state index is -0.475. The quantitative estimate of drug-likeness (QED) is 0.577. The third-order valence-electron chi connectivity index (χ3n) is 3.90. The van der Waals surface area contributed by atoms with E-state index in [4.69, 9.17) is 4.74 Å². The number of carbonyl (C=O) groups is 2. The molecule has 0 spiro atoms. The first kappa shape index (κ1) is 17.2. The van der Waals surface area contributed by atoms with Crippen LogP contribution in [0.5, 0.6) is 0 Å². The summed E-state index contributed by atoms with van der Waals surface area (Å²) >= 11 is 3.39. The standard InChI is InChI=1S/C17H17BrN4O3/c1-4-25-17(24)14-8(2)13(9(3)19-14)16(23)20-15-11-6-5-10(18)7-12(11)21-22-15/h5-7,19H,4H2,1-3H3,(H2,20,21,22,23). The Labute approximate surface area is 152 Å². The van der Waals surface area contributed by atoms with Crippen molar-refractivity contribution in [3.63, 3.8) is 0 Å². The van der Waals surface area contributed by atoms with Crippen LogP contribution in [0.4, 0.5) is 5.82 Å². The number of aromatic amines is 2. The van der Waals surface area contributed by atoms with Crippen molar-refractivity contribution in [1.82, 2.24) is 15.2 Å². The highest BCUT2D eigenvalue weighted by atomic mass is 79.9. The maximum Gasteiger partial charge on any atom is 0.355 e. The second-order valence-electron chi connectivity index (χ2n) is 5.56. The SMILES string of the molecule is CCOC(=O)c1[nH]c(C)c(C(=O)Nc2n[nH]c3cc(Br)ccc23)c1C. The molecule has 0 saturated carbocycles. The van der Waals surface area contributed by atoms with Gasteiger partial charge in [0.1, 0.15) is 5.69 Å². The molecule has 130 valence electrons. The summed E-state index contributed by atoms with van der Waals surface area (Å²) in [6.07, 6.45) is 0. The number of aromatic nitrogens is 3. The van der Waals surface area contributed by atoms with Gasteiger partial charge in [-0.2, -0.15) is 5.10 Å². The summed E-state index contributed by atoms with van der Waals surface area (Å²) in [5, 5.41) is 10.6. The van der Waals surface area contributed by atoms with Gasteiger partial charge < -0.3 is 15.0 Å². The molecule has 2 heterocycles. The van der Waals surface area contributed by atoms with Crippen LogP contribution < -0.4 is 5.32 Å². The summed E-state index contributed by atoms with van der Waals surface area (Å²) in [6, 6.07) is 5.61. The average Bonchev–Trinajstić information content (AvgIpc) is 3.08. The minimum absolute atomic E-state index is 0.271. The van der Waals surface area contributed by atoms with Gasteiger partial charge in [0.05, 0.1) is 17.7 Å². The largest absolute Gasteiger partial charge is 0.461 e. The lowest BCUT2D eigenvalue weighted by atomic mass is 10.1. The van der Waals surface area contributed by atoms with Gasteiger partial charge in [-0.05, 0) is 44.5 Å². The number of esters is 1. The number of hydrogen-bond acceptors (Lipinski definition) is 4. The average molecular weight is 405 g/mol. The predicted molar refractivity (Wildman–Crippen MR) is 98.0 cm³/mol. The summed E-state index contributed by atoms with van der Waals surface area (Å²) in [7, 11) is 0. The van der Waals surface area contributed by atoms with Crippen molar-refractivity contribution >= 4 is 44.5 Å². The van der Waals surface area contributed by atoms with E-state index in [-0.39, 0.29) is 12.5 Å². The van der Waals surface area contributed by atoms with E-state index in [2.05, 4.69) is 36.4 Å². The molecule has 0 radical (unpaired) electrons. The molecule has 0 atom stereocenters. The van der Waals surface area contributed by atoms with E-state index in [1.165, 1.54) is 0 Å². The highest BCUT2D eigenvalue weighted by Gasteiger charge is 2.23. The van der Waals surface area contributed by atoms with Crippen LogP contribution >= 0.6 is 15.9 Å². The topological polar surface area (TPSA) is 99.9 Å². The fourth-order valence-corrected chi connectivity index (χ4v) is 3.12. The Hall–Kier alpha value is -2.61. The van der Waals surface area contributed by atoms with Crippen LogP contribution in [-0.4, -0.2) is 33.7 Å². The first-order chi connectivity index (χ1) is 11.9. The number of H-pyrrole nitrogens is 2. The number of halogens is 1. The van der Waals surface area contributed by atoms with Crippen LogP contribution in [0, 0.1) is 13.8 Å². The lowest BCUT2D eigenvalue weighted by Crippen LogP contribution is -2.14. The van der Waals surface area contributed by atoms with Gasteiger partial charge in [-0.25, -0.2) is 4.79 Å². The van der Waals surface area contributed by atoms with E-state index in [9.17, 15) is 9.59 Å². The predicted octanol–water partition coefficient (Wildman–Crippen LogP) is 3.70. The van der Waals surface area contributed by atoms with Gasteiger partial charge >= 0.3 is 5.97 Å². The van der Waals surface area contributed by atoms with E-state index < -0.39 is 5.97 Å². The number of rotatable bonds is 4. The van der Waals surface area contributed by atoms with Gasteiger partial charge in [-0.15, -0.1) is 0 Å². The summed E-state index contributed by atoms with van der Waals surface area (Å²) in [5.74, 6) is -0.375. The van der Waals surface area contributed by atoms with E-state index in [0.717, 1.165) is 15.4 Å². The van der Waals surface area contributed by atoms with Crippen LogP contribution in [0.25, 0.3) is 10.9 Å². The number of hydrogen-bond donors (Lipinski definition) is 3. The molecule has 0 saturated heterocycles. The molecule has 3 aromatic rings. The third-order valence-corrected chi connectivity index (χ3v) is 4.39. The fourth-order valence-electron chi connectivity index (χ4n) is 2.76. The van der Waals surface area contributed by atoms with Crippen molar-refractivity contribution < 1.29 is 14.3 Å². The van der Waals surface area contributed by atoms with Gasteiger partial charge in [-0.3, -0.25) is 9.89 Å². The van der Waals surface area contributed by atoms with Crippen molar-refractivity contribution in [2.24, 2.45) is 0 Å². The molecule has 0 fully saturated rings. The number of amides is 1. The molecule has 1 amide bonds. The van der Waals surface area contributed by atoms with Gasteiger partial charge in [0.25, 0.3) is 5.91 Å². The first-order valence-corrected chi connectivity index (χ1v) is 8.53. The molecule has 0 unspecified atom stereocenters. The number of anilines is 1. The summed E-state index contributed by atoms with van der Waals surface area (Å²) < 4.78 is 5.92. The summed E-state index contributed by atoms with van der Waals surface area (Å²) in [4.78, 5) is 27.6. The Kier molecular flexibility index (Phi) is 4.63. The number of aryl methyl sites for hydroxylation is 1. The van der Waals surface area contributed by atoms with E-state index in [1.54, 1.807) is 20.8 Å². The smallest absolute Gasteiger partial charge is 0.355 e. The Morgan fingerprint density at radius 1 is 1.32 bits per heavy atom. The Balaban J connectivity index is 1.92. The van der Waals surface area contributed by atoms with E-state index in [0.29, 0.717) is 28.3 Å².